The summed E-state index contributed by atoms with van der Waals surface area (Å²) in [4.78, 5) is 13.5. The van der Waals surface area contributed by atoms with Gasteiger partial charge >= 0.3 is 0 Å². The molecule has 1 saturated heterocycles. The molecular formula is C12H22F2N2O2. The van der Waals surface area contributed by atoms with Gasteiger partial charge in [-0.3, -0.25) is 4.79 Å². The maximum absolute atomic E-state index is 11.8. The van der Waals surface area contributed by atoms with Gasteiger partial charge in [-0.1, -0.05) is 0 Å². The van der Waals surface area contributed by atoms with Crippen molar-refractivity contribution >= 4 is 5.91 Å². The Morgan fingerprint density at radius 3 is 2.56 bits per heavy atom. The number of piperidine rings is 1. The van der Waals surface area contributed by atoms with Crippen molar-refractivity contribution in [3.05, 3.63) is 0 Å². The number of rotatable bonds is 6. The lowest BCUT2D eigenvalue weighted by Gasteiger charge is -2.33. The second kappa shape index (κ2) is 7.63. The summed E-state index contributed by atoms with van der Waals surface area (Å²) in [6.45, 7) is 2.87. The number of nitrogens with two attached hydrogens (primary N) is 1. The van der Waals surface area contributed by atoms with Crippen LogP contribution in [-0.2, 0) is 9.53 Å². The van der Waals surface area contributed by atoms with Crippen LogP contribution in [0.2, 0.25) is 0 Å². The van der Waals surface area contributed by atoms with E-state index in [2.05, 4.69) is 0 Å². The fourth-order valence-electron chi connectivity index (χ4n) is 2.16. The Hall–Kier alpha value is -0.750. The number of likely N-dealkylation sites (tertiary alicyclic amines) is 1. The van der Waals surface area contributed by atoms with E-state index in [1.807, 2.05) is 6.92 Å². The summed E-state index contributed by atoms with van der Waals surface area (Å²) in [5.74, 6) is 0.455. The molecule has 1 aliphatic rings. The summed E-state index contributed by atoms with van der Waals surface area (Å²) in [5, 5.41) is 0. The van der Waals surface area contributed by atoms with Crippen molar-refractivity contribution in [3.8, 4) is 0 Å². The Morgan fingerprint density at radius 2 is 2.06 bits per heavy atom. The molecule has 0 aromatic rings. The lowest BCUT2D eigenvalue weighted by molar-refractivity contribution is -0.134. The molecule has 1 fully saturated rings. The van der Waals surface area contributed by atoms with Gasteiger partial charge in [0.05, 0.1) is 13.0 Å². The van der Waals surface area contributed by atoms with Crippen molar-refractivity contribution in [2.45, 2.75) is 38.7 Å². The van der Waals surface area contributed by atoms with E-state index in [0.29, 0.717) is 19.0 Å². The third-order valence-corrected chi connectivity index (χ3v) is 3.34. The second-order valence-electron chi connectivity index (χ2n) is 4.79. The first-order valence-electron chi connectivity index (χ1n) is 6.40. The summed E-state index contributed by atoms with van der Waals surface area (Å²) in [6.07, 6.45) is -0.458. The van der Waals surface area contributed by atoms with Crippen molar-refractivity contribution in [3.63, 3.8) is 0 Å². The molecule has 4 nitrogen and oxygen atoms in total. The number of halogens is 2. The molecule has 1 amide bonds. The van der Waals surface area contributed by atoms with Crippen LogP contribution in [0.1, 0.15) is 26.2 Å². The maximum Gasteiger partial charge on any atom is 0.261 e. The van der Waals surface area contributed by atoms with Crippen LogP contribution < -0.4 is 5.73 Å². The molecule has 0 aliphatic carbocycles. The van der Waals surface area contributed by atoms with Crippen LogP contribution in [0, 0.1) is 5.92 Å². The van der Waals surface area contributed by atoms with Crippen molar-refractivity contribution in [2.75, 3.05) is 26.3 Å². The van der Waals surface area contributed by atoms with E-state index in [0.717, 1.165) is 12.8 Å². The first-order valence-corrected chi connectivity index (χ1v) is 6.40. The van der Waals surface area contributed by atoms with Crippen molar-refractivity contribution in [2.24, 2.45) is 11.7 Å². The van der Waals surface area contributed by atoms with Crippen LogP contribution >= 0.6 is 0 Å². The van der Waals surface area contributed by atoms with E-state index in [1.54, 1.807) is 4.90 Å². The molecule has 0 radical (unpaired) electrons. The van der Waals surface area contributed by atoms with Crippen LogP contribution in [0.3, 0.4) is 0 Å². The molecule has 0 spiro atoms. The highest BCUT2D eigenvalue weighted by atomic mass is 19.3. The monoisotopic (exact) mass is 264 g/mol. The molecule has 0 saturated carbocycles. The van der Waals surface area contributed by atoms with E-state index in [9.17, 15) is 13.6 Å². The van der Waals surface area contributed by atoms with Crippen LogP contribution in [0.15, 0.2) is 0 Å². The molecule has 0 aromatic heterocycles. The van der Waals surface area contributed by atoms with E-state index in [-0.39, 0.29) is 25.0 Å². The van der Waals surface area contributed by atoms with E-state index in [4.69, 9.17) is 10.5 Å². The summed E-state index contributed by atoms with van der Waals surface area (Å²) in [7, 11) is 0. The Labute approximate surface area is 106 Å². The van der Waals surface area contributed by atoms with Gasteiger partial charge in [-0.2, -0.15) is 0 Å². The van der Waals surface area contributed by atoms with Crippen molar-refractivity contribution < 1.29 is 18.3 Å². The number of carbonyl (C=O) groups excluding carboxylic acids is 1. The highest BCUT2D eigenvalue weighted by Crippen LogP contribution is 2.19. The molecule has 1 unspecified atom stereocenters. The smallest absolute Gasteiger partial charge is 0.261 e. The summed E-state index contributed by atoms with van der Waals surface area (Å²) in [6, 6.07) is 0.164. The third-order valence-electron chi connectivity index (χ3n) is 3.34. The molecule has 1 heterocycles. The Kier molecular flexibility index (Phi) is 6.49. The molecule has 1 rings (SSSR count). The van der Waals surface area contributed by atoms with Crippen molar-refractivity contribution in [1.82, 2.24) is 4.90 Å². The largest absolute Gasteiger partial charge is 0.375 e. The minimum Gasteiger partial charge on any atom is -0.375 e. The lowest BCUT2D eigenvalue weighted by Crippen LogP contribution is -2.42. The standard InChI is InChI=1S/C12H22F2N2O2/c1-9(15)10-2-5-16(6-3-10)12(17)4-7-18-8-11(13)14/h9-11H,2-8,15H2,1H3. The predicted molar refractivity (Wildman–Crippen MR) is 64.4 cm³/mol. The number of nitrogens with zero attached hydrogens (tertiary/aromatic N) is 1. The quantitative estimate of drug-likeness (QED) is 0.734. The lowest BCUT2D eigenvalue weighted by atomic mass is 9.91. The topological polar surface area (TPSA) is 55.6 Å². The molecule has 18 heavy (non-hydrogen) atoms. The molecule has 0 bridgehead atoms. The highest BCUT2D eigenvalue weighted by Gasteiger charge is 2.24. The maximum atomic E-state index is 11.8. The SMILES string of the molecule is CC(N)C1CCN(C(=O)CCOCC(F)F)CC1. The van der Waals surface area contributed by atoms with E-state index >= 15 is 0 Å². The fourth-order valence-corrected chi connectivity index (χ4v) is 2.16. The molecule has 1 atom stereocenters. The van der Waals surface area contributed by atoms with Gasteiger partial charge in [-0.15, -0.1) is 0 Å². The Morgan fingerprint density at radius 1 is 1.44 bits per heavy atom. The zero-order valence-electron chi connectivity index (χ0n) is 10.8. The van der Waals surface area contributed by atoms with Crippen LogP contribution in [0.4, 0.5) is 8.78 Å². The van der Waals surface area contributed by atoms with E-state index < -0.39 is 13.0 Å². The zero-order valence-corrected chi connectivity index (χ0v) is 10.8. The van der Waals surface area contributed by atoms with Crippen LogP contribution in [0.5, 0.6) is 0 Å². The minimum absolute atomic E-state index is 0.0209. The van der Waals surface area contributed by atoms with Crippen LogP contribution in [-0.4, -0.2) is 49.6 Å². The summed E-state index contributed by atoms with van der Waals surface area (Å²) < 4.78 is 28.3. The number of ether oxygens (including phenoxy) is 1. The van der Waals surface area contributed by atoms with Gasteiger partial charge < -0.3 is 15.4 Å². The van der Waals surface area contributed by atoms with Gasteiger partial charge in [0, 0.05) is 19.1 Å². The number of hydrogen-bond acceptors (Lipinski definition) is 3. The molecule has 2 N–H and O–H groups in total. The molecule has 6 heteroatoms. The molecular weight excluding hydrogens is 242 g/mol. The van der Waals surface area contributed by atoms with Gasteiger partial charge in [0.2, 0.25) is 5.91 Å². The highest BCUT2D eigenvalue weighted by molar-refractivity contribution is 5.76. The molecule has 0 aromatic carbocycles. The normalized spacial score (nSPS) is 19.3. The average molecular weight is 264 g/mol. The van der Waals surface area contributed by atoms with Crippen LogP contribution in [0.25, 0.3) is 0 Å². The number of alkyl halides is 2. The first-order chi connectivity index (χ1) is 8.50. The third kappa shape index (κ3) is 5.27. The van der Waals surface area contributed by atoms with E-state index in [1.165, 1.54) is 0 Å². The number of carbonyl (C=O) groups is 1. The number of hydrogen-bond donors (Lipinski definition) is 1. The Bertz CT molecular complexity index is 254. The average Bonchev–Trinajstić information content (AvgIpc) is 2.34. The molecule has 1 aliphatic heterocycles. The van der Waals surface area contributed by atoms with Gasteiger partial charge in [0.15, 0.2) is 0 Å². The van der Waals surface area contributed by atoms with Crippen molar-refractivity contribution in [1.29, 1.82) is 0 Å². The Balaban J connectivity index is 2.16. The summed E-state index contributed by atoms with van der Waals surface area (Å²) >= 11 is 0. The van der Waals surface area contributed by atoms with Gasteiger partial charge in [-0.25, -0.2) is 8.78 Å². The van der Waals surface area contributed by atoms with Gasteiger partial charge in [0.1, 0.15) is 6.61 Å². The molecule has 106 valence electrons. The first kappa shape index (κ1) is 15.3. The fraction of sp³-hybridized carbons (Fsp3) is 0.917. The second-order valence-corrected chi connectivity index (χ2v) is 4.79. The number of amides is 1. The van der Waals surface area contributed by atoms with Gasteiger partial charge in [-0.05, 0) is 25.7 Å². The zero-order chi connectivity index (χ0) is 13.5. The summed E-state index contributed by atoms with van der Waals surface area (Å²) in [5.41, 5.74) is 5.82. The predicted octanol–water partition coefficient (Wildman–Crippen LogP) is 1.24. The minimum atomic E-state index is -2.47. The van der Waals surface area contributed by atoms with Gasteiger partial charge in [0.25, 0.3) is 6.43 Å².